The molecule has 0 N–H and O–H groups in total. The van der Waals surface area contributed by atoms with E-state index in [1.807, 2.05) is 6.92 Å². The minimum Gasteiger partial charge on any atom is -0.424 e. The Morgan fingerprint density at radius 1 is 1.47 bits per heavy atom. The van der Waals surface area contributed by atoms with Crippen LogP contribution in [-0.2, 0) is 6.54 Å². The quantitative estimate of drug-likeness (QED) is 0.866. The first-order chi connectivity index (χ1) is 8.08. The SMILES string of the molecule is CCn1nc(Br)nc1Oc1cc(F)cc(Cl)c1. The minimum atomic E-state index is -0.464. The highest BCUT2D eigenvalue weighted by atomic mass is 79.9. The number of hydrogen-bond donors (Lipinski definition) is 0. The maximum absolute atomic E-state index is 13.1. The van der Waals surface area contributed by atoms with Gasteiger partial charge in [0.25, 0.3) is 0 Å². The van der Waals surface area contributed by atoms with Gasteiger partial charge in [-0.25, -0.2) is 9.07 Å². The van der Waals surface area contributed by atoms with Crippen LogP contribution < -0.4 is 4.74 Å². The van der Waals surface area contributed by atoms with Gasteiger partial charge in [0.15, 0.2) is 0 Å². The summed E-state index contributed by atoms with van der Waals surface area (Å²) in [6.07, 6.45) is 0. The molecule has 0 aliphatic rings. The van der Waals surface area contributed by atoms with Crippen molar-refractivity contribution >= 4 is 27.5 Å². The molecule has 0 fully saturated rings. The van der Waals surface area contributed by atoms with E-state index in [0.717, 1.165) is 0 Å². The molecule has 1 aromatic heterocycles. The fourth-order valence-electron chi connectivity index (χ4n) is 1.28. The number of benzene rings is 1. The Labute approximate surface area is 110 Å². The van der Waals surface area contributed by atoms with Gasteiger partial charge in [-0.2, -0.15) is 4.98 Å². The highest BCUT2D eigenvalue weighted by Gasteiger charge is 2.10. The first-order valence-electron chi connectivity index (χ1n) is 4.83. The van der Waals surface area contributed by atoms with Crippen molar-refractivity contribution in [3.8, 4) is 11.8 Å². The molecule has 0 saturated carbocycles. The average Bonchev–Trinajstić information content (AvgIpc) is 2.57. The van der Waals surface area contributed by atoms with Crippen molar-refractivity contribution in [2.24, 2.45) is 0 Å². The molecule has 1 aromatic carbocycles. The van der Waals surface area contributed by atoms with Crippen LogP contribution in [-0.4, -0.2) is 14.8 Å². The van der Waals surface area contributed by atoms with Gasteiger partial charge in [-0.05, 0) is 35.0 Å². The van der Waals surface area contributed by atoms with Crippen molar-refractivity contribution < 1.29 is 9.13 Å². The number of aromatic nitrogens is 3. The van der Waals surface area contributed by atoms with Crippen molar-refractivity contribution in [2.45, 2.75) is 13.5 Å². The molecule has 2 rings (SSSR count). The van der Waals surface area contributed by atoms with Gasteiger partial charge in [-0.15, -0.1) is 5.10 Å². The summed E-state index contributed by atoms with van der Waals surface area (Å²) in [7, 11) is 0. The molecule has 0 bridgehead atoms. The number of aryl methyl sites for hydroxylation is 1. The summed E-state index contributed by atoms with van der Waals surface area (Å²) in [6.45, 7) is 2.49. The van der Waals surface area contributed by atoms with Crippen LogP contribution >= 0.6 is 27.5 Å². The normalized spacial score (nSPS) is 10.6. The average molecular weight is 321 g/mol. The third-order valence-corrected chi connectivity index (χ3v) is 2.51. The van der Waals surface area contributed by atoms with Gasteiger partial charge in [0, 0.05) is 17.6 Å². The van der Waals surface area contributed by atoms with E-state index in [2.05, 4.69) is 26.0 Å². The zero-order valence-electron chi connectivity index (χ0n) is 8.82. The maximum atomic E-state index is 13.1. The van der Waals surface area contributed by atoms with Crippen molar-refractivity contribution in [1.29, 1.82) is 0 Å². The monoisotopic (exact) mass is 319 g/mol. The van der Waals surface area contributed by atoms with Gasteiger partial charge in [0.1, 0.15) is 11.6 Å². The zero-order valence-corrected chi connectivity index (χ0v) is 11.2. The highest BCUT2D eigenvalue weighted by Crippen LogP contribution is 2.25. The predicted octanol–water partition coefficient (Wildman–Crippen LogP) is 3.65. The van der Waals surface area contributed by atoms with Crippen LogP contribution in [0.5, 0.6) is 11.8 Å². The summed E-state index contributed by atoms with van der Waals surface area (Å²) in [4.78, 5) is 4.02. The van der Waals surface area contributed by atoms with Crippen LogP contribution in [0.25, 0.3) is 0 Å². The molecule has 90 valence electrons. The number of rotatable bonds is 3. The summed E-state index contributed by atoms with van der Waals surface area (Å²) in [5.74, 6) is -0.182. The number of nitrogens with zero attached hydrogens (tertiary/aromatic N) is 3. The topological polar surface area (TPSA) is 39.9 Å². The second-order valence-corrected chi connectivity index (χ2v) is 4.33. The van der Waals surface area contributed by atoms with Crippen molar-refractivity contribution in [1.82, 2.24) is 14.8 Å². The van der Waals surface area contributed by atoms with Crippen LogP contribution in [0.1, 0.15) is 6.92 Å². The first kappa shape index (κ1) is 12.3. The smallest absolute Gasteiger partial charge is 0.321 e. The van der Waals surface area contributed by atoms with Crippen LogP contribution in [0.4, 0.5) is 4.39 Å². The third-order valence-electron chi connectivity index (χ3n) is 1.96. The standard InChI is InChI=1S/C10H8BrClFN3O/c1-2-16-10(14-9(11)15-16)17-8-4-6(12)3-7(13)5-8/h3-5H,2H2,1H3. The highest BCUT2D eigenvalue weighted by molar-refractivity contribution is 9.10. The molecule has 0 radical (unpaired) electrons. The van der Waals surface area contributed by atoms with E-state index in [0.29, 0.717) is 11.3 Å². The molecular weight excluding hydrogens is 312 g/mol. The Kier molecular flexibility index (Phi) is 3.63. The first-order valence-corrected chi connectivity index (χ1v) is 6.00. The van der Waals surface area contributed by atoms with Gasteiger partial charge >= 0.3 is 6.01 Å². The second-order valence-electron chi connectivity index (χ2n) is 3.19. The van der Waals surface area contributed by atoms with Gasteiger partial charge in [0.05, 0.1) is 0 Å². The molecule has 0 aliphatic heterocycles. The molecule has 7 heteroatoms. The lowest BCUT2D eigenvalue weighted by atomic mass is 10.3. The third kappa shape index (κ3) is 2.95. The molecule has 0 saturated heterocycles. The van der Waals surface area contributed by atoms with E-state index in [4.69, 9.17) is 16.3 Å². The lowest BCUT2D eigenvalue weighted by Crippen LogP contribution is -2.00. The Morgan fingerprint density at radius 3 is 2.88 bits per heavy atom. The van der Waals surface area contributed by atoms with Crippen molar-refractivity contribution in [3.63, 3.8) is 0 Å². The second kappa shape index (κ2) is 5.01. The Balaban J connectivity index is 2.30. The summed E-state index contributed by atoms with van der Waals surface area (Å²) in [5.41, 5.74) is 0. The number of ether oxygens (including phenoxy) is 1. The number of hydrogen-bond acceptors (Lipinski definition) is 3. The summed E-state index contributed by atoms with van der Waals surface area (Å²) in [6, 6.07) is 4.22. The Morgan fingerprint density at radius 2 is 2.24 bits per heavy atom. The molecule has 0 spiro atoms. The molecule has 0 aliphatic carbocycles. The lowest BCUT2D eigenvalue weighted by Gasteiger charge is -2.05. The van der Waals surface area contributed by atoms with E-state index in [9.17, 15) is 4.39 Å². The summed E-state index contributed by atoms with van der Waals surface area (Å²) >= 11 is 8.87. The molecule has 17 heavy (non-hydrogen) atoms. The summed E-state index contributed by atoms with van der Waals surface area (Å²) in [5, 5.41) is 4.31. The number of halogens is 3. The van der Waals surface area contributed by atoms with Crippen LogP contribution in [0.15, 0.2) is 22.9 Å². The predicted molar refractivity (Wildman–Crippen MR) is 64.9 cm³/mol. The van der Waals surface area contributed by atoms with Crippen LogP contribution in [0.2, 0.25) is 5.02 Å². The van der Waals surface area contributed by atoms with E-state index < -0.39 is 5.82 Å². The van der Waals surface area contributed by atoms with Crippen molar-refractivity contribution in [3.05, 3.63) is 33.8 Å². The molecule has 4 nitrogen and oxygen atoms in total. The van der Waals surface area contributed by atoms with Gasteiger partial charge in [-0.1, -0.05) is 11.6 Å². The minimum absolute atomic E-state index is 0.265. The van der Waals surface area contributed by atoms with Gasteiger partial charge in [-0.3, -0.25) is 0 Å². The fourth-order valence-corrected chi connectivity index (χ4v) is 1.83. The lowest BCUT2D eigenvalue weighted by molar-refractivity contribution is 0.399. The van der Waals surface area contributed by atoms with Crippen molar-refractivity contribution in [2.75, 3.05) is 0 Å². The zero-order chi connectivity index (χ0) is 12.4. The van der Waals surface area contributed by atoms with E-state index in [1.54, 1.807) is 4.68 Å². The molecule has 0 unspecified atom stereocenters. The largest absolute Gasteiger partial charge is 0.424 e. The molecular formula is C10H8BrClFN3O. The fraction of sp³-hybridized carbons (Fsp3) is 0.200. The maximum Gasteiger partial charge on any atom is 0.321 e. The van der Waals surface area contributed by atoms with E-state index >= 15 is 0 Å². The molecule has 0 atom stereocenters. The molecule has 0 amide bonds. The van der Waals surface area contributed by atoms with E-state index in [-0.39, 0.29) is 16.8 Å². The van der Waals surface area contributed by atoms with Gasteiger partial charge < -0.3 is 4.74 Å². The molecule has 2 aromatic rings. The summed E-state index contributed by atoms with van der Waals surface area (Å²) < 4.78 is 20.5. The Hall–Kier alpha value is -1.14. The Bertz CT molecular complexity index is 526. The molecule has 1 heterocycles. The van der Waals surface area contributed by atoms with Crippen LogP contribution in [0, 0.1) is 5.82 Å². The van der Waals surface area contributed by atoms with Crippen LogP contribution in [0.3, 0.4) is 0 Å². The van der Waals surface area contributed by atoms with E-state index in [1.165, 1.54) is 18.2 Å². The van der Waals surface area contributed by atoms with Gasteiger partial charge in [0.2, 0.25) is 4.73 Å².